The Morgan fingerprint density at radius 1 is 1.29 bits per heavy atom. The van der Waals surface area contributed by atoms with Gasteiger partial charge in [0, 0.05) is 18.8 Å². The summed E-state index contributed by atoms with van der Waals surface area (Å²) in [6.07, 6.45) is 3.55. The van der Waals surface area contributed by atoms with Crippen molar-refractivity contribution < 1.29 is 8.78 Å². The molecule has 0 unspecified atom stereocenters. The zero-order valence-corrected chi connectivity index (χ0v) is 10.0. The lowest BCUT2D eigenvalue weighted by molar-refractivity contribution is 0.317. The molecule has 0 radical (unpaired) electrons. The maximum atomic E-state index is 13.8. The molecule has 1 aliphatic rings. The average Bonchev–Trinajstić information content (AvgIpc) is 2.18. The molecule has 0 heterocycles. The molecule has 2 rings (SSSR count). The van der Waals surface area contributed by atoms with Gasteiger partial charge in [0.05, 0.1) is 0 Å². The van der Waals surface area contributed by atoms with Gasteiger partial charge < -0.3 is 10.6 Å². The summed E-state index contributed by atoms with van der Waals surface area (Å²) in [5.41, 5.74) is 5.60. The summed E-state index contributed by atoms with van der Waals surface area (Å²) in [4.78, 5) is 1.77. The largest absolute Gasteiger partial charge is 0.399 e. The Morgan fingerprint density at radius 2 is 1.88 bits per heavy atom. The fraction of sp³-hybridized carbons (Fsp3) is 0.538. The highest BCUT2D eigenvalue weighted by atomic mass is 19.1. The van der Waals surface area contributed by atoms with Crippen molar-refractivity contribution in [1.29, 1.82) is 0 Å². The van der Waals surface area contributed by atoms with E-state index in [9.17, 15) is 8.78 Å². The molecule has 0 bridgehead atoms. The average molecular weight is 240 g/mol. The minimum absolute atomic E-state index is 0.0635. The third kappa shape index (κ3) is 2.51. The number of rotatable bonds is 4. The highest BCUT2D eigenvalue weighted by Gasteiger charge is 2.23. The lowest BCUT2D eigenvalue weighted by atomic mass is 9.85. The third-order valence-electron chi connectivity index (χ3n) is 3.44. The monoisotopic (exact) mass is 240 g/mol. The Kier molecular flexibility index (Phi) is 3.50. The van der Waals surface area contributed by atoms with E-state index in [4.69, 9.17) is 5.73 Å². The first kappa shape index (κ1) is 12.1. The second-order valence-electron chi connectivity index (χ2n) is 4.67. The molecule has 0 atom stereocenters. The van der Waals surface area contributed by atoms with Crippen LogP contribution in [0.25, 0.3) is 0 Å². The molecular weight excluding hydrogens is 222 g/mol. The van der Waals surface area contributed by atoms with Crippen LogP contribution in [0.1, 0.15) is 26.2 Å². The summed E-state index contributed by atoms with van der Waals surface area (Å²) in [7, 11) is 0. The summed E-state index contributed by atoms with van der Waals surface area (Å²) >= 11 is 0. The molecule has 2 N–H and O–H groups in total. The van der Waals surface area contributed by atoms with Crippen LogP contribution < -0.4 is 10.6 Å². The number of halogens is 2. The Bertz CT molecular complexity index is 379. The molecule has 0 aromatic heterocycles. The van der Waals surface area contributed by atoms with Gasteiger partial charge in [-0.25, -0.2) is 8.78 Å². The molecule has 0 aliphatic heterocycles. The molecule has 1 saturated carbocycles. The molecule has 17 heavy (non-hydrogen) atoms. The van der Waals surface area contributed by atoms with Crippen molar-refractivity contribution >= 4 is 11.4 Å². The number of anilines is 2. The van der Waals surface area contributed by atoms with E-state index in [0.29, 0.717) is 12.5 Å². The second-order valence-corrected chi connectivity index (χ2v) is 4.67. The highest BCUT2D eigenvalue weighted by molar-refractivity contribution is 5.55. The topological polar surface area (TPSA) is 29.3 Å². The lowest BCUT2D eigenvalue weighted by Gasteiger charge is -2.33. The van der Waals surface area contributed by atoms with Crippen LogP contribution in [0.5, 0.6) is 0 Å². The molecule has 0 saturated heterocycles. The van der Waals surface area contributed by atoms with Crippen molar-refractivity contribution in [3.05, 3.63) is 23.8 Å². The fourth-order valence-corrected chi connectivity index (χ4v) is 2.25. The summed E-state index contributed by atoms with van der Waals surface area (Å²) in [6.45, 7) is 3.25. The van der Waals surface area contributed by atoms with E-state index >= 15 is 0 Å². The van der Waals surface area contributed by atoms with Gasteiger partial charge in [-0.3, -0.25) is 0 Å². The maximum Gasteiger partial charge on any atom is 0.151 e. The van der Waals surface area contributed by atoms with Gasteiger partial charge in [-0.2, -0.15) is 0 Å². The number of hydrogen-bond acceptors (Lipinski definition) is 2. The van der Waals surface area contributed by atoms with Crippen LogP contribution in [0.4, 0.5) is 20.2 Å². The fourth-order valence-electron chi connectivity index (χ4n) is 2.25. The molecule has 2 nitrogen and oxygen atoms in total. The van der Waals surface area contributed by atoms with Crippen molar-refractivity contribution in [2.24, 2.45) is 5.92 Å². The zero-order chi connectivity index (χ0) is 12.4. The van der Waals surface area contributed by atoms with Gasteiger partial charge >= 0.3 is 0 Å². The number of nitrogen functional groups attached to an aromatic ring is 1. The van der Waals surface area contributed by atoms with Crippen LogP contribution in [0.2, 0.25) is 0 Å². The molecule has 1 fully saturated rings. The number of benzene rings is 1. The minimum atomic E-state index is -0.566. The Labute approximate surface area is 100 Å². The van der Waals surface area contributed by atoms with Crippen molar-refractivity contribution in [2.75, 3.05) is 23.7 Å². The smallest absolute Gasteiger partial charge is 0.151 e. The van der Waals surface area contributed by atoms with E-state index in [1.807, 2.05) is 6.92 Å². The maximum absolute atomic E-state index is 13.8. The minimum Gasteiger partial charge on any atom is -0.399 e. The van der Waals surface area contributed by atoms with Gasteiger partial charge in [-0.05, 0) is 37.8 Å². The summed E-state index contributed by atoms with van der Waals surface area (Å²) in [5, 5.41) is 0. The molecule has 1 aliphatic carbocycles. The Morgan fingerprint density at radius 3 is 2.29 bits per heavy atom. The van der Waals surface area contributed by atoms with Crippen molar-refractivity contribution in [1.82, 2.24) is 0 Å². The van der Waals surface area contributed by atoms with Crippen molar-refractivity contribution in [3.63, 3.8) is 0 Å². The first-order valence-corrected chi connectivity index (χ1v) is 6.11. The Balaban J connectivity index is 2.22. The first-order valence-electron chi connectivity index (χ1n) is 6.11. The molecule has 94 valence electrons. The van der Waals surface area contributed by atoms with Crippen LogP contribution in [0.15, 0.2) is 12.1 Å². The number of nitrogens with two attached hydrogens (primary N) is 1. The van der Waals surface area contributed by atoms with Crippen LogP contribution in [0, 0.1) is 17.6 Å². The van der Waals surface area contributed by atoms with E-state index in [0.717, 1.165) is 19.4 Å². The van der Waals surface area contributed by atoms with Crippen molar-refractivity contribution in [2.45, 2.75) is 26.2 Å². The van der Waals surface area contributed by atoms with E-state index in [1.165, 1.54) is 18.6 Å². The summed E-state index contributed by atoms with van der Waals surface area (Å²) in [6, 6.07) is 2.36. The summed E-state index contributed by atoms with van der Waals surface area (Å²) < 4.78 is 27.5. The predicted molar refractivity (Wildman–Crippen MR) is 66.0 cm³/mol. The number of nitrogens with zero attached hydrogens (tertiary/aromatic N) is 1. The van der Waals surface area contributed by atoms with Gasteiger partial charge in [-0.1, -0.05) is 6.42 Å². The molecule has 0 amide bonds. The van der Waals surface area contributed by atoms with E-state index < -0.39 is 11.6 Å². The van der Waals surface area contributed by atoms with E-state index in [1.54, 1.807) is 4.90 Å². The van der Waals surface area contributed by atoms with Crippen molar-refractivity contribution in [3.8, 4) is 0 Å². The predicted octanol–water partition coefficient (Wildman–Crippen LogP) is 3.17. The summed E-state index contributed by atoms with van der Waals surface area (Å²) in [5.74, 6) is -0.557. The van der Waals surface area contributed by atoms with Gasteiger partial charge in [0.25, 0.3) is 0 Å². The van der Waals surface area contributed by atoms with Crippen LogP contribution in [-0.4, -0.2) is 13.1 Å². The van der Waals surface area contributed by atoms with Crippen LogP contribution >= 0.6 is 0 Å². The highest BCUT2D eigenvalue weighted by Crippen LogP contribution is 2.31. The van der Waals surface area contributed by atoms with Gasteiger partial charge in [0.1, 0.15) is 5.69 Å². The standard InChI is InChI=1S/C13H18F2N2/c1-2-17(8-9-4-3-5-9)13-11(14)6-10(16)7-12(13)15/h6-7,9H,2-5,8,16H2,1H3. The molecule has 4 heteroatoms. The Hall–Kier alpha value is -1.32. The van der Waals surface area contributed by atoms with E-state index in [2.05, 4.69) is 0 Å². The zero-order valence-electron chi connectivity index (χ0n) is 10.0. The van der Waals surface area contributed by atoms with Crippen LogP contribution in [0.3, 0.4) is 0 Å². The van der Waals surface area contributed by atoms with Gasteiger partial charge in [-0.15, -0.1) is 0 Å². The SMILES string of the molecule is CCN(CC1CCC1)c1c(F)cc(N)cc1F. The third-order valence-corrected chi connectivity index (χ3v) is 3.44. The second kappa shape index (κ2) is 4.90. The normalized spacial score (nSPS) is 15.7. The van der Waals surface area contributed by atoms with Crippen LogP contribution in [-0.2, 0) is 0 Å². The molecular formula is C13H18F2N2. The molecule has 1 aromatic rings. The number of hydrogen-bond donors (Lipinski definition) is 1. The molecule has 1 aromatic carbocycles. The quantitative estimate of drug-likeness (QED) is 0.819. The van der Waals surface area contributed by atoms with E-state index in [-0.39, 0.29) is 11.4 Å². The lowest BCUT2D eigenvalue weighted by Crippen LogP contribution is -2.33. The van der Waals surface area contributed by atoms with Gasteiger partial charge in [0.15, 0.2) is 11.6 Å². The first-order chi connectivity index (χ1) is 8.11. The molecule has 0 spiro atoms. The van der Waals surface area contributed by atoms with Gasteiger partial charge in [0.2, 0.25) is 0 Å².